The van der Waals surface area contributed by atoms with Gasteiger partial charge in [-0.05, 0) is 19.0 Å². The molecule has 1 aliphatic heterocycles. The summed E-state index contributed by atoms with van der Waals surface area (Å²) >= 11 is 0. The molecule has 2 unspecified atom stereocenters. The Labute approximate surface area is 101 Å². The molecule has 0 saturated carbocycles. The zero-order valence-corrected chi connectivity index (χ0v) is 10.1. The monoisotopic (exact) mass is 237 g/mol. The van der Waals surface area contributed by atoms with Crippen LogP contribution in [0.1, 0.15) is 25.0 Å². The van der Waals surface area contributed by atoms with Crippen LogP contribution < -0.4 is 15.2 Å². The molecule has 1 aliphatic rings. The zero-order valence-electron chi connectivity index (χ0n) is 10.1. The number of aliphatic hydroxyl groups excluding tert-OH is 1. The minimum atomic E-state index is -0.596. The lowest BCUT2D eigenvalue weighted by atomic mass is 9.92. The molecule has 0 amide bonds. The van der Waals surface area contributed by atoms with Gasteiger partial charge in [0.05, 0.1) is 6.10 Å². The van der Waals surface area contributed by atoms with E-state index in [2.05, 4.69) is 0 Å². The van der Waals surface area contributed by atoms with Gasteiger partial charge in [0.15, 0.2) is 11.5 Å². The van der Waals surface area contributed by atoms with E-state index in [0.717, 1.165) is 12.0 Å². The first kappa shape index (κ1) is 12.2. The standard InChI is InChI=1S/C13H19NO3/c1-2-9(8-14)12(15)10-4-3-5-11-13(10)17-7-6-16-11/h3-5,9,12,15H,2,6-8,14H2,1H3. The van der Waals surface area contributed by atoms with Crippen LogP contribution in [0.3, 0.4) is 0 Å². The van der Waals surface area contributed by atoms with Crippen LogP contribution in [0, 0.1) is 5.92 Å². The number of fused-ring (bicyclic) bond motifs is 1. The fourth-order valence-corrected chi connectivity index (χ4v) is 2.10. The second-order valence-corrected chi connectivity index (χ2v) is 4.22. The van der Waals surface area contributed by atoms with Gasteiger partial charge in [0.25, 0.3) is 0 Å². The highest BCUT2D eigenvalue weighted by atomic mass is 16.6. The predicted octanol–water partition coefficient (Wildman–Crippen LogP) is 1.48. The third-order valence-electron chi connectivity index (χ3n) is 3.19. The normalized spacial score (nSPS) is 17.6. The Balaban J connectivity index is 2.31. The van der Waals surface area contributed by atoms with Crippen LogP contribution in [0.2, 0.25) is 0 Å². The smallest absolute Gasteiger partial charge is 0.167 e. The summed E-state index contributed by atoms with van der Waals surface area (Å²) in [7, 11) is 0. The second kappa shape index (κ2) is 5.38. The van der Waals surface area contributed by atoms with E-state index >= 15 is 0 Å². The Morgan fingerprint density at radius 3 is 2.82 bits per heavy atom. The molecule has 0 bridgehead atoms. The lowest BCUT2D eigenvalue weighted by Gasteiger charge is -2.26. The summed E-state index contributed by atoms with van der Waals surface area (Å²) < 4.78 is 11.1. The first-order chi connectivity index (χ1) is 8.27. The van der Waals surface area contributed by atoms with Crippen LogP contribution in [0.25, 0.3) is 0 Å². The molecule has 0 fully saturated rings. The molecule has 0 radical (unpaired) electrons. The number of hydrogen-bond donors (Lipinski definition) is 2. The summed E-state index contributed by atoms with van der Waals surface area (Å²) in [6.45, 7) is 3.56. The third kappa shape index (κ3) is 2.37. The molecule has 4 nitrogen and oxygen atoms in total. The lowest BCUT2D eigenvalue weighted by Crippen LogP contribution is -2.23. The van der Waals surface area contributed by atoms with Crippen LogP contribution in [-0.4, -0.2) is 24.9 Å². The summed E-state index contributed by atoms with van der Waals surface area (Å²) in [6.07, 6.45) is 0.240. The molecular weight excluding hydrogens is 218 g/mol. The fraction of sp³-hybridized carbons (Fsp3) is 0.538. The van der Waals surface area contributed by atoms with Crippen molar-refractivity contribution >= 4 is 0 Å². The summed E-state index contributed by atoms with van der Waals surface area (Å²) in [6, 6.07) is 5.60. The van der Waals surface area contributed by atoms with Gasteiger partial charge < -0.3 is 20.3 Å². The molecule has 0 spiro atoms. The summed E-state index contributed by atoms with van der Waals surface area (Å²) in [5.74, 6) is 1.42. The van der Waals surface area contributed by atoms with Crippen molar-refractivity contribution in [3.8, 4) is 11.5 Å². The van der Waals surface area contributed by atoms with Gasteiger partial charge >= 0.3 is 0 Å². The van der Waals surface area contributed by atoms with E-state index in [0.29, 0.717) is 31.3 Å². The van der Waals surface area contributed by atoms with E-state index in [-0.39, 0.29) is 5.92 Å². The molecule has 0 saturated heterocycles. The molecule has 4 heteroatoms. The second-order valence-electron chi connectivity index (χ2n) is 4.22. The van der Waals surface area contributed by atoms with Gasteiger partial charge in [0.1, 0.15) is 13.2 Å². The van der Waals surface area contributed by atoms with E-state index in [4.69, 9.17) is 15.2 Å². The summed E-state index contributed by atoms with van der Waals surface area (Å²) in [5.41, 5.74) is 6.44. The number of rotatable bonds is 4. The van der Waals surface area contributed by atoms with Crippen molar-refractivity contribution in [1.29, 1.82) is 0 Å². The van der Waals surface area contributed by atoms with Crippen LogP contribution in [-0.2, 0) is 0 Å². The number of aliphatic hydroxyl groups is 1. The molecule has 0 aliphatic carbocycles. The van der Waals surface area contributed by atoms with Crippen molar-refractivity contribution in [2.75, 3.05) is 19.8 Å². The molecular formula is C13H19NO3. The van der Waals surface area contributed by atoms with Crippen LogP contribution in [0.4, 0.5) is 0 Å². The lowest BCUT2D eigenvalue weighted by molar-refractivity contribution is 0.0996. The molecule has 1 aromatic rings. The van der Waals surface area contributed by atoms with Crippen LogP contribution >= 0.6 is 0 Å². The Morgan fingerprint density at radius 2 is 2.12 bits per heavy atom. The molecule has 1 aromatic carbocycles. The van der Waals surface area contributed by atoms with Crippen molar-refractivity contribution in [2.24, 2.45) is 11.7 Å². The number of para-hydroxylation sites is 1. The van der Waals surface area contributed by atoms with Gasteiger partial charge in [-0.25, -0.2) is 0 Å². The third-order valence-corrected chi connectivity index (χ3v) is 3.19. The van der Waals surface area contributed by atoms with E-state index < -0.39 is 6.10 Å². The molecule has 17 heavy (non-hydrogen) atoms. The van der Waals surface area contributed by atoms with E-state index in [1.807, 2.05) is 25.1 Å². The maximum absolute atomic E-state index is 10.3. The van der Waals surface area contributed by atoms with Crippen molar-refractivity contribution < 1.29 is 14.6 Å². The number of hydrogen-bond acceptors (Lipinski definition) is 4. The van der Waals surface area contributed by atoms with Gasteiger partial charge in [-0.1, -0.05) is 19.1 Å². The maximum Gasteiger partial charge on any atom is 0.167 e. The highest BCUT2D eigenvalue weighted by Crippen LogP contribution is 2.39. The van der Waals surface area contributed by atoms with Gasteiger partial charge in [-0.3, -0.25) is 0 Å². The van der Waals surface area contributed by atoms with Gasteiger partial charge in [-0.2, -0.15) is 0 Å². The topological polar surface area (TPSA) is 64.7 Å². The SMILES string of the molecule is CCC(CN)C(O)c1cccc2c1OCCO2. The molecule has 94 valence electrons. The predicted molar refractivity (Wildman–Crippen MR) is 65.2 cm³/mol. The van der Waals surface area contributed by atoms with E-state index in [9.17, 15) is 5.11 Å². The first-order valence-corrected chi connectivity index (χ1v) is 6.04. The van der Waals surface area contributed by atoms with Gasteiger partial charge in [0.2, 0.25) is 0 Å². The van der Waals surface area contributed by atoms with Crippen LogP contribution in [0.15, 0.2) is 18.2 Å². The Morgan fingerprint density at radius 1 is 1.35 bits per heavy atom. The Hall–Kier alpha value is -1.26. The molecule has 3 N–H and O–H groups in total. The molecule has 2 rings (SSSR count). The highest BCUT2D eigenvalue weighted by molar-refractivity contribution is 5.48. The van der Waals surface area contributed by atoms with E-state index in [1.54, 1.807) is 0 Å². The largest absolute Gasteiger partial charge is 0.486 e. The first-order valence-electron chi connectivity index (χ1n) is 6.04. The molecule has 0 aromatic heterocycles. The van der Waals surface area contributed by atoms with Crippen LogP contribution in [0.5, 0.6) is 11.5 Å². The minimum Gasteiger partial charge on any atom is -0.486 e. The Bertz CT molecular complexity index is 377. The summed E-state index contributed by atoms with van der Waals surface area (Å²) in [5, 5.41) is 10.3. The number of benzene rings is 1. The van der Waals surface area contributed by atoms with Crippen molar-refractivity contribution in [2.45, 2.75) is 19.4 Å². The van der Waals surface area contributed by atoms with Gasteiger partial charge in [-0.15, -0.1) is 0 Å². The Kier molecular flexibility index (Phi) is 3.86. The average Bonchev–Trinajstić information content (AvgIpc) is 2.39. The van der Waals surface area contributed by atoms with Gasteiger partial charge in [0, 0.05) is 11.5 Å². The van der Waals surface area contributed by atoms with Crippen molar-refractivity contribution in [3.05, 3.63) is 23.8 Å². The van der Waals surface area contributed by atoms with Crippen molar-refractivity contribution in [1.82, 2.24) is 0 Å². The fourth-order valence-electron chi connectivity index (χ4n) is 2.10. The van der Waals surface area contributed by atoms with E-state index in [1.165, 1.54) is 0 Å². The number of ether oxygens (including phenoxy) is 2. The maximum atomic E-state index is 10.3. The average molecular weight is 237 g/mol. The molecule has 2 atom stereocenters. The highest BCUT2D eigenvalue weighted by Gasteiger charge is 2.25. The molecule has 1 heterocycles. The minimum absolute atomic E-state index is 0.0482. The summed E-state index contributed by atoms with van der Waals surface area (Å²) in [4.78, 5) is 0. The number of nitrogens with two attached hydrogens (primary N) is 1. The van der Waals surface area contributed by atoms with Crippen molar-refractivity contribution in [3.63, 3.8) is 0 Å². The quantitative estimate of drug-likeness (QED) is 0.832. The zero-order chi connectivity index (χ0) is 12.3.